The van der Waals surface area contributed by atoms with Crippen LogP contribution in [0.3, 0.4) is 0 Å². The van der Waals surface area contributed by atoms with Gasteiger partial charge in [-0.05, 0) is 61.7 Å². The van der Waals surface area contributed by atoms with E-state index in [1.165, 1.54) is 24.3 Å². The molecular weight excluding hydrogens is 536 g/mol. The van der Waals surface area contributed by atoms with E-state index in [-0.39, 0.29) is 18.0 Å². The van der Waals surface area contributed by atoms with Crippen LogP contribution in [0.15, 0.2) is 83.8 Å². The van der Waals surface area contributed by atoms with Gasteiger partial charge in [-0.1, -0.05) is 60.1 Å². The first-order valence-electron chi connectivity index (χ1n) is 12.5. The lowest BCUT2D eigenvalue weighted by atomic mass is 10.1. The molecule has 0 saturated carbocycles. The van der Waals surface area contributed by atoms with Crippen molar-refractivity contribution < 1.29 is 17.9 Å². The Morgan fingerprint density at radius 3 is 2.33 bits per heavy atom. The van der Waals surface area contributed by atoms with Crippen molar-refractivity contribution in [3.63, 3.8) is 0 Å². The smallest absolute Gasteiger partial charge is 0.243 e. The molecule has 0 fully saturated rings. The summed E-state index contributed by atoms with van der Waals surface area (Å²) in [7, 11) is -2.43. The Labute approximate surface area is 234 Å². The maximum atomic E-state index is 13.5. The number of aryl methyl sites for hydroxylation is 2. The quantitative estimate of drug-likeness (QED) is 0.243. The van der Waals surface area contributed by atoms with Gasteiger partial charge in [-0.3, -0.25) is 4.79 Å². The number of sulfonamides is 1. The predicted octanol–water partition coefficient (Wildman–Crippen LogP) is 5.48. The topological polar surface area (TPSA) is 93.5 Å². The van der Waals surface area contributed by atoms with Gasteiger partial charge in [-0.15, -0.1) is 0 Å². The number of nitrogens with one attached hydrogen (secondary N) is 1. The molecule has 39 heavy (non-hydrogen) atoms. The van der Waals surface area contributed by atoms with Gasteiger partial charge < -0.3 is 10.1 Å². The Hall–Kier alpha value is -3.50. The zero-order chi connectivity index (χ0) is 28.0. The Kier molecular flexibility index (Phi) is 9.19. The number of anilines is 1. The van der Waals surface area contributed by atoms with E-state index in [1.54, 1.807) is 11.8 Å². The van der Waals surface area contributed by atoms with Gasteiger partial charge in [-0.2, -0.15) is 9.40 Å². The number of carbonyl (C=O) groups excluding carboxylic acids is 1. The molecule has 0 aliphatic heterocycles. The largest absolute Gasteiger partial charge is 0.385 e. The van der Waals surface area contributed by atoms with Gasteiger partial charge in [-0.25, -0.2) is 13.1 Å². The number of rotatable bonds is 11. The maximum Gasteiger partial charge on any atom is 0.243 e. The summed E-state index contributed by atoms with van der Waals surface area (Å²) in [5.41, 5.74) is 4.16. The lowest BCUT2D eigenvalue weighted by Gasteiger charge is -2.22. The van der Waals surface area contributed by atoms with Crippen LogP contribution < -0.4 is 5.32 Å². The summed E-state index contributed by atoms with van der Waals surface area (Å²) in [6.07, 6.45) is 0.423. The van der Waals surface area contributed by atoms with Crippen LogP contribution in [0.25, 0.3) is 16.8 Å². The molecule has 1 aromatic heterocycles. The molecule has 0 aliphatic carbocycles. The third kappa shape index (κ3) is 6.57. The zero-order valence-corrected chi connectivity index (χ0v) is 23.7. The van der Waals surface area contributed by atoms with Crippen molar-refractivity contribution in [3.05, 3.63) is 95.1 Å². The van der Waals surface area contributed by atoms with Crippen molar-refractivity contribution in [2.45, 2.75) is 25.2 Å². The summed E-state index contributed by atoms with van der Waals surface area (Å²) >= 11 is 5.96. The number of ether oxygens (including phenoxy) is 1. The van der Waals surface area contributed by atoms with Crippen LogP contribution in [0.5, 0.6) is 0 Å². The van der Waals surface area contributed by atoms with E-state index >= 15 is 0 Å². The van der Waals surface area contributed by atoms with Crippen LogP contribution in [0.2, 0.25) is 5.02 Å². The Balaban J connectivity index is 1.71. The van der Waals surface area contributed by atoms with E-state index in [0.717, 1.165) is 32.4 Å². The number of halogens is 1. The number of benzene rings is 3. The number of para-hydroxylation sites is 1. The molecule has 4 rings (SSSR count). The Bertz CT molecular complexity index is 1540. The Morgan fingerprint density at radius 1 is 1.00 bits per heavy atom. The van der Waals surface area contributed by atoms with E-state index in [2.05, 4.69) is 5.32 Å². The molecule has 0 unspecified atom stereocenters. The van der Waals surface area contributed by atoms with Gasteiger partial charge in [0.2, 0.25) is 15.9 Å². The fourth-order valence-electron chi connectivity index (χ4n) is 4.33. The molecule has 3 aromatic carbocycles. The monoisotopic (exact) mass is 566 g/mol. The summed E-state index contributed by atoms with van der Waals surface area (Å²) in [6.45, 7) is 3.92. The molecule has 0 atom stereocenters. The maximum absolute atomic E-state index is 13.5. The average molecular weight is 567 g/mol. The third-order valence-electron chi connectivity index (χ3n) is 6.25. The minimum atomic E-state index is -3.98. The second kappa shape index (κ2) is 12.6. The molecule has 204 valence electrons. The highest BCUT2D eigenvalue weighted by molar-refractivity contribution is 7.89. The number of nitrogens with zero attached hydrogens (tertiary/aromatic N) is 3. The lowest BCUT2D eigenvalue weighted by Crippen LogP contribution is -2.39. The summed E-state index contributed by atoms with van der Waals surface area (Å²) in [5, 5.41) is 8.16. The second-order valence-corrected chi connectivity index (χ2v) is 11.4. The Morgan fingerprint density at radius 2 is 1.67 bits per heavy atom. The number of hydrogen-bond donors (Lipinski definition) is 1. The number of carbonyl (C=O) groups is 1. The lowest BCUT2D eigenvalue weighted by molar-refractivity contribution is -0.116. The van der Waals surface area contributed by atoms with Crippen LogP contribution in [-0.4, -0.2) is 55.2 Å². The zero-order valence-electron chi connectivity index (χ0n) is 22.1. The van der Waals surface area contributed by atoms with Crippen molar-refractivity contribution in [1.29, 1.82) is 0 Å². The van der Waals surface area contributed by atoms with Crippen LogP contribution >= 0.6 is 11.6 Å². The molecule has 1 heterocycles. The van der Waals surface area contributed by atoms with Gasteiger partial charge in [0.25, 0.3) is 0 Å². The molecule has 1 amide bonds. The fourth-order valence-corrected chi connectivity index (χ4v) is 5.89. The highest BCUT2D eigenvalue weighted by Crippen LogP contribution is 2.34. The van der Waals surface area contributed by atoms with E-state index in [4.69, 9.17) is 21.4 Å². The molecule has 0 bridgehead atoms. The number of hydrogen-bond acceptors (Lipinski definition) is 5. The van der Waals surface area contributed by atoms with Gasteiger partial charge in [0.05, 0.1) is 22.8 Å². The summed E-state index contributed by atoms with van der Waals surface area (Å²) in [4.78, 5) is 13.6. The molecule has 10 heteroatoms. The summed E-state index contributed by atoms with van der Waals surface area (Å²) in [6, 6.07) is 23.3. The minimum absolute atomic E-state index is 0.0582. The summed E-state index contributed by atoms with van der Waals surface area (Å²) < 4.78 is 35.0. The average Bonchev–Trinajstić information content (AvgIpc) is 3.24. The molecule has 4 aromatic rings. The number of amides is 1. The summed E-state index contributed by atoms with van der Waals surface area (Å²) in [5.74, 6) is -0.0180. The van der Waals surface area contributed by atoms with E-state index < -0.39 is 15.9 Å². The van der Waals surface area contributed by atoms with Crippen LogP contribution in [-0.2, 0) is 19.6 Å². The first-order chi connectivity index (χ1) is 18.7. The predicted molar refractivity (Wildman–Crippen MR) is 154 cm³/mol. The van der Waals surface area contributed by atoms with Gasteiger partial charge in [0.15, 0.2) is 0 Å². The number of aromatic nitrogens is 2. The van der Waals surface area contributed by atoms with E-state index in [9.17, 15) is 13.2 Å². The van der Waals surface area contributed by atoms with Crippen LogP contribution in [0, 0.1) is 13.8 Å². The molecule has 0 radical (unpaired) electrons. The standard InChI is InChI=1S/C29H31ClN4O4S/c1-21-10-7-8-13-26(21)34-29(28(22(2)32-34)23-11-5-4-6-12-23)31-27(35)20-33(18-9-19-38-3)39(36,37)25-16-14-24(30)15-17-25/h4-8,10-17H,9,18-20H2,1-3H3,(H,31,35). The first kappa shape index (κ1) is 28.5. The normalized spacial score (nSPS) is 11.6. The molecule has 0 saturated heterocycles. The number of methoxy groups -OCH3 is 1. The van der Waals surface area contributed by atoms with Crippen LogP contribution in [0.1, 0.15) is 17.7 Å². The second-order valence-electron chi connectivity index (χ2n) is 9.06. The molecule has 0 aliphatic rings. The van der Waals surface area contributed by atoms with Crippen molar-refractivity contribution in [3.8, 4) is 16.8 Å². The SMILES string of the molecule is COCCCN(CC(=O)Nc1c(-c2ccccc2)c(C)nn1-c1ccccc1C)S(=O)(=O)c1ccc(Cl)cc1. The van der Waals surface area contributed by atoms with Crippen molar-refractivity contribution in [2.24, 2.45) is 0 Å². The van der Waals surface area contributed by atoms with Gasteiger partial charge >= 0.3 is 0 Å². The fraction of sp³-hybridized carbons (Fsp3) is 0.241. The minimum Gasteiger partial charge on any atom is -0.385 e. The molecule has 1 N–H and O–H groups in total. The molecule has 8 nitrogen and oxygen atoms in total. The molecule has 0 spiro atoms. The van der Waals surface area contributed by atoms with E-state index in [1.807, 2.05) is 68.4 Å². The van der Waals surface area contributed by atoms with Gasteiger partial charge in [0, 0.05) is 30.8 Å². The highest BCUT2D eigenvalue weighted by atomic mass is 35.5. The van der Waals surface area contributed by atoms with Crippen molar-refractivity contribution >= 4 is 33.3 Å². The van der Waals surface area contributed by atoms with E-state index in [0.29, 0.717) is 23.9 Å². The molecular formula is C29H31ClN4O4S. The van der Waals surface area contributed by atoms with Gasteiger partial charge in [0.1, 0.15) is 5.82 Å². The van der Waals surface area contributed by atoms with Crippen molar-refractivity contribution in [1.82, 2.24) is 14.1 Å². The van der Waals surface area contributed by atoms with Crippen molar-refractivity contribution in [2.75, 3.05) is 32.1 Å². The third-order valence-corrected chi connectivity index (χ3v) is 8.36. The van der Waals surface area contributed by atoms with Crippen LogP contribution in [0.4, 0.5) is 5.82 Å². The first-order valence-corrected chi connectivity index (χ1v) is 14.3. The highest BCUT2D eigenvalue weighted by Gasteiger charge is 2.28.